The zero-order chi connectivity index (χ0) is 15.6. The van der Waals surface area contributed by atoms with Gasteiger partial charge in [-0.3, -0.25) is 9.48 Å². The number of hydrogen-bond donors (Lipinski definition) is 0. The topological polar surface area (TPSA) is 41.4 Å². The highest BCUT2D eigenvalue weighted by atomic mass is 35.5. The number of aromatic nitrogens is 2. The Balaban J connectivity index is 0.00000146. The predicted octanol–water partition coefficient (Wildman–Crippen LogP) is 2.66. The lowest BCUT2D eigenvalue weighted by atomic mass is 9.83. The van der Waals surface area contributed by atoms with E-state index in [1.54, 1.807) is 0 Å². The summed E-state index contributed by atoms with van der Waals surface area (Å²) >= 11 is 6.24. The summed E-state index contributed by atoms with van der Waals surface area (Å²) < 4.78 is 1.96. The van der Waals surface area contributed by atoms with Gasteiger partial charge in [0.2, 0.25) is 0 Å². The Kier molecular flexibility index (Phi) is 3.98. The Bertz CT molecular complexity index is 797. The van der Waals surface area contributed by atoms with Gasteiger partial charge in [0.05, 0.1) is 23.8 Å². The van der Waals surface area contributed by atoms with Crippen LogP contribution < -0.4 is 0 Å². The molecule has 0 radical (unpaired) electrons. The van der Waals surface area contributed by atoms with Gasteiger partial charge in [-0.05, 0) is 44.0 Å². The summed E-state index contributed by atoms with van der Waals surface area (Å²) in [6.45, 7) is 4.88. The van der Waals surface area contributed by atoms with E-state index in [-0.39, 0.29) is 18.3 Å². The molecule has 0 unspecified atom stereocenters. The van der Waals surface area contributed by atoms with Gasteiger partial charge >= 0.3 is 0 Å². The summed E-state index contributed by atoms with van der Waals surface area (Å²) in [7, 11) is 0. The second-order valence-electron chi connectivity index (χ2n) is 6.96. The van der Waals surface area contributed by atoms with Gasteiger partial charge in [0, 0.05) is 29.5 Å². The SMILES string of the molecule is Cl.O=C1c2cc(Cl)cc3cnn(c23)CCN1[C@@H]1CN2CCC1CC2. The number of hydrogen-bond acceptors (Lipinski definition) is 3. The lowest BCUT2D eigenvalue weighted by Crippen LogP contribution is -2.58. The highest BCUT2D eigenvalue weighted by molar-refractivity contribution is 6.32. The van der Waals surface area contributed by atoms with Crippen LogP contribution in [0.1, 0.15) is 23.2 Å². The normalized spacial score (nSPS) is 28.8. The molecule has 1 aromatic carbocycles. The second kappa shape index (κ2) is 5.90. The van der Waals surface area contributed by atoms with Crippen molar-refractivity contribution in [3.8, 4) is 0 Å². The molecule has 0 spiro atoms. The largest absolute Gasteiger partial charge is 0.332 e. The van der Waals surface area contributed by atoms with Crippen molar-refractivity contribution in [3.05, 3.63) is 28.9 Å². The highest BCUT2D eigenvalue weighted by Crippen LogP contribution is 2.34. The standard InChI is InChI=1S/C17H19ClN4O.ClH/c18-13-7-12-9-19-22-6-5-21(17(23)14(8-13)16(12)22)15-10-20-3-1-11(15)2-4-20;/h7-9,11,15H,1-6,10H2;1H/t15-;/m1./s1. The van der Waals surface area contributed by atoms with Crippen LogP contribution in [0, 0.1) is 5.92 Å². The fourth-order valence-corrected chi connectivity index (χ4v) is 4.82. The van der Waals surface area contributed by atoms with Crippen LogP contribution in [0.2, 0.25) is 5.02 Å². The molecule has 24 heavy (non-hydrogen) atoms. The molecule has 0 aliphatic carbocycles. The van der Waals surface area contributed by atoms with Crippen LogP contribution in [0.4, 0.5) is 0 Å². The molecule has 4 aliphatic heterocycles. The molecule has 128 valence electrons. The fourth-order valence-electron chi connectivity index (χ4n) is 4.59. The van der Waals surface area contributed by atoms with Crippen LogP contribution in [0.15, 0.2) is 18.3 Å². The molecule has 7 heteroatoms. The van der Waals surface area contributed by atoms with Crippen molar-refractivity contribution in [1.82, 2.24) is 19.6 Å². The molecule has 5 nitrogen and oxygen atoms in total. The third-order valence-electron chi connectivity index (χ3n) is 5.76. The molecular weight excluding hydrogens is 347 g/mol. The van der Waals surface area contributed by atoms with Crippen LogP contribution in [0.25, 0.3) is 10.9 Å². The summed E-state index contributed by atoms with van der Waals surface area (Å²) in [5.74, 6) is 0.763. The fraction of sp³-hybridized carbons (Fsp3) is 0.529. The first-order valence-electron chi connectivity index (χ1n) is 8.39. The van der Waals surface area contributed by atoms with Gasteiger partial charge in [0.1, 0.15) is 0 Å². The van der Waals surface area contributed by atoms with Crippen molar-refractivity contribution in [2.24, 2.45) is 5.92 Å². The van der Waals surface area contributed by atoms with Crippen molar-refractivity contribution in [3.63, 3.8) is 0 Å². The van der Waals surface area contributed by atoms with Crippen molar-refractivity contribution in [2.75, 3.05) is 26.2 Å². The molecule has 1 aromatic heterocycles. The lowest BCUT2D eigenvalue weighted by Gasteiger charge is -2.48. The number of fused-ring (bicyclic) bond motifs is 3. The van der Waals surface area contributed by atoms with E-state index in [0.717, 1.165) is 30.5 Å². The average molecular weight is 367 g/mol. The van der Waals surface area contributed by atoms with Gasteiger partial charge in [-0.1, -0.05) is 11.6 Å². The van der Waals surface area contributed by atoms with Crippen LogP contribution in [-0.4, -0.2) is 57.7 Å². The van der Waals surface area contributed by atoms with Crippen LogP contribution in [0.5, 0.6) is 0 Å². The van der Waals surface area contributed by atoms with Crippen LogP contribution >= 0.6 is 24.0 Å². The maximum atomic E-state index is 13.3. The summed E-state index contributed by atoms with van der Waals surface area (Å²) in [4.78, 5) is 17.8. The number of nitrogens with zero attached hydrogens (tertiary/aromatic N) is 4. The number of piperidine rings is 3. The van der Waals surface area contributed by atoms with Crippen LogP contribution in [0.3, 0.4) is 0 Å². The number of rotatable bonds is 1. The Morgan fingerprint density at radius 2 is 1.92 bits per heavy atom. The van der Waals surface area contributed by atoms with E-state index in [1.165, 1.54) is 25.9 Å². The first kappa shape index (κ1) is 16.2. The number of benzene rings is 1. The van der Waals surface area contributed by atoms with Gasteiger partial charge in [0.25, 0.3) is 5.91 Å². The number of halogens is 2. The van der Waals surface area contributed by atoms with E-state index in [4.69, 9.17) is 11.6 Å². The highest BCUT2D eigenvalue weighted by Gasteiger charge is 2.40. The predicted molar refractivity (Wildman–Crippen MR) is 96.0 cm³/mol. The first-order valence-corrected chi connectivity index (χ1v) is 8.77. The smallest absolute Gasteiger partial charge is 0.256 e. The Morgan fingerprint density at radius 1 is 1.12 bits per heavy atom. The van der Waals surface area contributed by atoms with Gasteiger partial charge in [0.15, 0.2) is 0 Å². The molecule has 5 heterocycles. The Morgan fingerprint density at radius 3 is 2.62 bits per heavy atom. The molecule has 2 aromatic rings. The van der Waals surface area contributed by atoms with Gasteiger partial charge < -0.3 is 9.80 Å². The molecule has 1 amide bonds. The van der Waals surface area contributed by atoms with Crippen molar-refractivity contribution < 1.29 is 4.79 Å². The quantitative estimate of drug-likeness (QED) is 0.778. The minimum absolute atomic E-state index is 0. The minimum atomic E-state index is 0. The molecule has 0 saturated carbocycles. The van der Waals surface area contributed by atoms with E-state index in [9.17, 15) is 4.79 Å². The van der Waals surface area contributed by atoms with Gasteiger partial charge in [-0.2, -0.15) is 5.10 Å². The number of carbonyl (C=O) groups excluding carboxylic acids is 1. The molecule has 3 fully saturated rings. The van der Waals surface area contributed by atoms with Crippen LogP contribution in [-0.2, 0) is 6.54 Å². The summed E-state index contributed by atoms with van der Waals surface area (Å²) in [5.41, 5.74) is 1.64. The number of amides is 1. The molecule has 0 N–H and O–H groups in total. The molecule has 1 atom stereocenters. The second-order valence-corrected chi connectivity index (χ2v) is 7.40. The van der Waals surface area contributed by atoms with Crippen molar-refractivity contribution >= 4 is 40.8 Å². The van der Waals surface area contributed by atoms with E-state index < -0.39 is 0 Å². The third-order valence-corrected chi connectivity index (χ3v) is 5.98. The third kappa shape index (κ3) is 2.33. The van der Waals surface area contributed by atoms with E-state index in [2.05, 4.69) is 14.9 Å². The maximum absolute atomic E-state index is 13.3. The summed E-state index contributed by atoms with van der Waals surface area (Å²) in [5, 5.41) is 6.02. The molecule has 2 bridgehead atoms. The van der Waals surface area contributed by atoms with Crippen molar-refractivity contribution in [1.29, 1.82) is 0 Å². The zero-order valence-corrected chi connectivity index (χ0v) is 14.9. The molecule has 3 saturated heterocycles. The molecule has 6 rings (SSSR count). The Hall–Kier alpha value is -1.30. The van der Waals surface area contributed by atoms with E-state index in [0.29, 0.717) is 22.5 Å². The summed E-state index contributed by atoms with van der Waals surface area (Å²) in [6.07, 6.45) is 4.23. The minimum Gasteiger partial charge on any atom is -0.332 e. The van der Waals surface area contributed by atoms with E-state index >= 15 is 0 Å². The monoisotopic (exact) mass is 366 g/mol. The van der Waals surface area contributed by atoms with Crippen molar-refractivity contribution in [2.45, 2.75) is 25.4 Å². The average Bonchev–Trinajstić information content (AvgIpc) is 2.91. The maximum Gasteiger partial charge on any atom is 0.256 e. The first-order chi connectivity index (χ1) is 11.2. The number of carbonyl (C=O) groups is 1. The Labute approximate surface area is 151 Å². The molecular formula is C17H20Cl2N4O. The summed E-state index contributed by atoms with van der Waals surface area (Å²) in [6, 6.07) is 4.04. The van der Waals surface area contributed by atoms with Gasteiger partial charge in [-0.25, -0.2) is 0 Å². The lowest BCUT2D eigenvalue weighted by molar-refractivity contribution is 0.00707. The zero-order valence-electron chi connectivity index (χ0n) is 13.3. The molecule has 4 aliphatic rings. The van der Waals surface area contributed by atoms with E-state index in [1.807, 2.05) is 23.0 Å². The van der Waals surface area contributed by atoms with Gasteiger partial charge in [-0.15, -0.1) is 12.4 Å².